The molecule has 0 radical (unpaired) electrons. The van der Waals surface area contributed by atoms with Crippen molar-refractivity contribution in [1.82, 2.24) is 14.5 Å². The van der Waals surface area contributed by atoms with Crippen molar-refractivity contribution in [3.05, 3.63) is 75.6 Å². The molecule has 2 heterocycles. The maximum Gasteiger partial charge on any atom is 0.261 e. The third-order valence-corrected chi connectivity index (χ3v) is 6.58. The highest BCUT2D eigenvalue weighted by Gasteiger charge is 2.24. The quantitative estimate of drug-likeness (QED) is 0.438. The zero-order valence-electron chi connectivity index (χ0n) is 20.1. The Morgan fingerprint density at radius 2 is 1.76 bits per heavy atom. The lowest BCUT2D eigenvalue weighted by atomic mass is 9.96. The van der Waals surface area contributed by atoms with Crippen LogP contribution in [0, 0.1) is 11.7 Å². The van der Waals surface area contributed by atoms with E-state index in [0.29, 0.717) is 23.9 Å². The number of likely N-dealkylation sites (tertiary alicyclic amines) is 1. The molecule has 1 atom stereocenters. The Balaban J connectivity index is 1.68. The van der Waals surface area contributed by atoms with Gasteiger partial charge in [-0.05, 0) is 74.5 Å². The summed E-state index contributed by atoms with van der Waals surface area (Å²) in [4.78, 5) is 21.1. The first-order chi connectivity index (χ1) is 15.8. The van der Waals surface area contributed by atoms with Gasteiger partial charge in [-0.3, -0.25) is 9.36 Å². The van der Waals surface area contributed by atoms with E-state index in [4.69, 9.17) is 4.98 Å². The van der Waals surface area contributed by atoms with Crippen LogP contribution in [0.2, 0.25) is 0 Å². The molecule has 0 unspecified atom stereocenters. The molecule has 5 heteroatoms. The SMILES string of the molecule is CC(C)c1nc2ccc(/C=C/c3ccc(F)cc3)cc2c(=O)n1C[C@H]1CCCN(C(C)C)C1. The summed E-state index contributed by atoms with van der Waals surface area (Å²) in [5.41, 5.74) is 2.63. The molecule has 1 saturated heterocycles. The van der Waals surface area contributed by atoms with Gasteiger partial charge in [-0.2, -0.15) is 0 Å². The molecular formula is C28H34FN3O. The summed E-state index contributed by atoms with van der Waals surface area (Å²) in [5.74, 6) is 1.24. The normalized spacial score (nSPS) is 17.6. The van der Waals surface area contributed by atoms with Crippen molar-refractivity contribution >= 4 is 23.1 Å². The van der Waals surface area contributed by atoms with Gasteiger partial charge in [0, 0.05) is 25.0 Å². The molecule has 4 rings (SSSR count). The molecule has 3 aromatic rings. The lowest BCUT2D eigenvalue weighted by molar-refractivity contribution is 0.129. The topological polar surface area (TPSA) is 38.1 Å². The minimum Gasteiger partial charge on any atom is -0.301 e. The Kier molecular flexibility index (Phi) is 7.08. The van der Waals surface area contributed by atoms with Crippen LogP contribution >= 0.6 is 0 Å². The largest absolute Gasteiger partial charge is 0.301 e. The van der Waals surface area contributed by atoms with Crippen LogP contribution in [0.5, 0.6) is 0 Å². The first-order valence-corrected chi connectivity index (χ1v) is 12.0. The lowest BCUT2D eigenvalue weighted by Gasteiger charge is -2.36. The Morgan fingerprint density at radius 3 is 2.45 bits per heavy atom. The van der Waals surface area contributed by atoms with Crippen molar-refractivity contribution in [2.24, 2.45) is 5.92 Å². The minimum absolute atomic E-state index is 0.0439. The molecule has 0 saturated carbocycles. The van der Waals surface area contributed by atoms with Crippen LogP contribution in [0.3, 0.4) is 0 Å². The van der Waals surface area contributed by atoms with E-state index in [9.17, 15) is 9.18 Å². The van der Waals surface area contributed by atoms with E-state index < -0.39 is 0 Å². The van der Waals surface area contributed by atoms with Crippen LogP contribution in [0.1, 0.15) is 63.4 Å². The monoisotopic (exact) mass is 447 g/mol. The molecule has 0 aliphatic carbocycles. The molecular weight excluding hydrogens is 413 g/mol. The predicted molar refractivity (Wildman–Crippen MR) is 135 cm³/mol. The molecule has 0 bridgehead atoms. The minimum atomic E-state index is -0.250. The van der Waals surface area contributed by atoms with Crippen molar-refractivity contribution in [3.63, 3.8) is 0 Å². The van der Waals surface area contributed by atoms with Crippen LogP contribution in [0.25, 0.3) is 23.1 Å². The van der Waals surface area contributed by atoms with Gasteiger partial charge in [0.1, 0.15) is 11.6 Å². The smallest absolute Gasteiger partial charge is 0.261 e. The lowest BCUT2D eigenvalue weighted by Crippen LogP contribution is -2.42. The summed E-state index contributed by atoms with van der Waals surface area (Å²) in [5, 5.41) is 0.650. The Labute approximate surface area is 195 Å². The number of fused-ring (bicyclic) bond motifs is 1. The zero-order valence-corrected chi connectivity index (χ0v) is 20.1. The van der Waals surface area contributed by atoms with E-state index in [-0.39, 0.29) is 17.3 Å². The molecule has 1 aliphatic heterocycles. The summed E-state index contributed by atoms with van der Waals surface area (Å²) in [7, 11) is 0. The fraction of sp³-hybridized carbons (Fsp3) is 0.429. The van der Waals surface area contributed by atoms with Crippen molar-refractivity contribution in [1.29, 1.82) is 0 Å². The number of aromatic nitrogens is 2. The summed E-state index contributed by atoms with van der Waals surface area (Å²) >= 11 is 0. The molecule has 174 valence electrons. The van der Waals surface area contributed by atoms with Gasteiger partial charge >= 0.3 is 0 Å². The highest BCUT2D eigenvalue weighted by molar-refractivity contribution is 5.82. The standard InChI is InChI=1S/C28H34FN3O/c1-19(2)27-30-26-14-11-22(8-7-21-9-12-24(29)13-10-21)16-25(26)28(33)32(27)18-23-6-5-15-31(17-23)20(3)4/h7-14,16,19-20,23H,5-6,15,17-18H2,1-4H3/b8-7+/t23-/m0/s1. The number of halogens is 1. The van der Waals surface area contributed by atoms with Gasteiger partial charge in [-0.1, -0.05) is 44.2 Å². The molecule has 0 spiro atoms. The van der Waals surface area contributed by atoms with Gasteiger partial charge in [0.25, 0.3) is 5.56 Å². The number of hydrogen-bond acceptors (Lipinski definition) is 3. The number of rotatable bonds is 6. The number of benzene rings is 2. The summed E-state index contributed by atoms with van der Waals surface area (Å²) in [6.45, 7) is 11.6. The van der Waals surface area contributed by atoms with Crippen molar-refractivity contribution in [2.75, 3.05) is 13.1 Å². The molecule has 1 aromatic heterocycles. The first kappa shape index (κ1) is 23.4. The van der Waals surface area contributed by atoms with Crippen LogP contribution in [-0.4, -0.2) is 33.6 Å². The predicted octanol–water partition coefficient (Wildman–Crippen LogP) is 5.95. The molecule has 4 nitrogen and oxygen atoms in total. The summed E-state index contributed by atoms with van der Waals surface area (Å²) in [6.07, 6.45) is 6.20. The third kappa shape index (κ3) is 5.41. The van der Waals surface area contributed by atoms with E-state index in [2.05, 4.69) is 32.6 Å². The van der Waals surface area contributed by atoms with E-state index in [0.717, 1.165) is 42.0 Å². The maximum atomic E-state index is 13.7. The van der Waals surface area contributed by atoms with Gasteiger partial charge in [-0.25, -0.2) is 9.37 Å². The second kappa shape index (κ2) is 10.0. The number of hydrogen-bond donors (Lipinski definition) is 0. The Hall–Kier alpha value is -2.79. The molecule has 0 N–H and O–H groups in total. The highest BCUT2D eigenvalue weighted by Crippen LogP contribution is 2.23. The Bertz CT molecular complexity index is 1190. The summed E-state index contributed by atoms with van der Waals surface area (Å²) < 4.78 is 15.1. The van der Waals surface area contributed by atoms with E-state index in [1.54, 1.807) is 12.1 Å². The molecule has 33 heavy (non-hydrogen) atoms. The third-order valence-electron chi connectivity index (χ3n) is 6.58. The van der Waals surface area contributed by atoms with Crippen LogP contribution in [0.15, 0.2) is 47.3 Å². The van der Waals surface area contributed by atoms with Gasteiger partial charge < -0.3 is 4.90 Å². The first-order valence-electron chi connectivity index (χ1n) is 12.0. The summed E-state index contributed by atoms with van der Waals surface area (Å²) in [6, 6.07) is 12.7. The van der Waals surface area contributed by atoms with Gasteiger partial charge in [0.2, 0.25) is 0 Å². The van der Waals surface area contributed by atoms with E-state index >= 15 is 0 Å². The van der Waals surface area contributed by atoms with Crippen LogP contribution < -0.4 is 5.56 Å². The average Bonchev–Trinajstić information content (AvgIpc) is 2.80. The molecule has 0 amide bonds. The van der Waals surface area contributed by atoms with Gasteiger partial charge in [-0.15, -0.1) is 0 Å². The second-order valence-electron chi connectivity index (χ2n) is 9.80. The van der Waals surface area contributed by atoms with Gasteiger partial charge in [0.15, 0.2) is 0 Å². The molecule has 1 aliphatic rings. The zero-order chi connectivity index (χ0) is 23.5. The average molecular weight is 448 g/mol. The number of piperidine rings is 1. The fourth-order valence-corrected chi connectivity index (χ4v) is 4.72. The van der Waals surface area contributed by atoms with Crippen molar-refractivity contribution in [2.45, 2.75) is 59.0 Å². The van der Waals surface area contributed by atoms with Crippen LogP contribution in [-0.2, 0) is 6.54 Å². The van der Waals surface area contributed by atoms with Crippen molar-refractivity contribution < 1.29 is 4.39 Å². The molecule has 1 fully saturated rings. The van der Waals surface area contributed by atoms with E-state index in [1.807, 2.05) is 34.9 Å². The molecule has 2 aromatic carbocycles. The maximum absolute atomic E-state index is 13.7. The number of nitrogens with zero attached hydrogens (tertiary/aromatic N) is 3. The van der Waals surface area contributed by atoms with Crippen molar-refractivity contribution in [3.8, 4) is 0 Å². The fourth-order valence-electron chi connectivity index (χ4n) is 4.72. The van der Waals surface area contributed by atoms with Crippen LogP contribution in [0.4, 0.5) is 4.39 Å². The van der Waals surface area contributed by atoms with Gasteiger partial charge in [0.05, 0.1) is 10.9 Å². The second-order valence-corrected chi connectivity index (χ2v) is 9.80. The van der Waals surface area contributed by atoms with E-state index in [1.165, 1.54) is 18.6 Å². The Morgan fingerprint density at radius 1 is 1.06 bits per heavy atom. The highest BCUT2D eigenvalue weighted by atomic mass is 19.1.